The van der Waals surface area contributed by atoms with Crippen LogP contribution >= 0.6 is 0 Å². The number of benzene rings is 3. The number of fused-ring (bicyclic) bond motifs is 2. The van der Waals surface area contributed by atoms with Crippen molar-refractivity contribution in [2.24, 2.45) is 0 Å². The van der Waals surface area contributed by atoms with Gasteiger partial charge in [-0.3, -0.25) is 10.1 Å². The minimum absolute atomic E-state index is 0.0739. The van der Waals surface area contributed by atoms with Crippen molar-refractivity contribution in [1.82, 2.24) is 9.78 Å². The summed E-state index contributed by atoms with van der Waals surface area (Å²) >= 11 is 0. The highest BCUT2D eigenvalue weighted by molar-refractivity contribution is 5.97. The molecule has 0 atom stereocenters. The van der Waals surface area contributed by atoms with Gasteiger partial charge in [0.05, 0.1) is 16.3 Å². The Morgan fingerprint density at radius 1 is 1.00 bits per heavy atom. The molecule has 6 nitrogen and oxygen atoms in total. The van der Waals surface area contributed by atoms with Gasteiger partial charge in [0.2, 0.25) is 0 Å². The fourth-order valence-corrected chi connectivity index (χ4v) is 3.73. The zero-order valence-electron chi connectivity index (χ0n) is 14.4. The van der Waals surface area contributed by atoms with Gasteiger partial charge in [0.1, 0.15) is 5.82 Å². The highest BCUT2D eigenvalue weighted by Crippen LogP contribution is 2.37. The van der Waals surface area contributed by atoms with E-state index in [9.17, 15) is 10.1 Å². The molecule has 6 heteroatoms. The first kappa shape index (κ1) is 15.6. The Labute approximate surface area is 155 Å². The summed E-state index contributed by atoms with van der Waals surface area (Å²) in [5.74, 6) is 0.965. The standard InChI is InChI=1S/C21H16N4O2/c26-25(27)16-10-8-15(9-11-16)24-21-19(12-13-22-21)20(23-24)18-7-3-5-14-4-1-2-6-17(14)18/h1-11,22H,12-13H2. The third-order valence-corrected chi connectivity index (χ3v) is 5.00. The Morgan fingerprint density at radius 2 is 1.78 bits per heavy atom. The van der Waals surface area contributed by atoms with Gasteiger partial charge < -0.3 is 5.32 Å². The highest BCUT2D eigenvalue weighted by atomic mass is 16.6. The lowest BCUT2D eigenvalue weighted by Crippen LogP contribution is -2.04. The van der Waals surface area contributed by atoms with Crippen molar-refractivity contribution in [3.05, 3.63) is 82.4 Å². The lowest BCUT2D eigenvalue weighted by atomic mass is 9.99. The summed E-state index contributed by atoms with van der Waals surface area (Å²) in [4.78, 5) is 10.5. The van der Waals surface area contributed by atoms with E-state index in [4.69, 9.17) is 5.10 Å². The Balaban J connectivity index is 1.69. The molecule has 0 bridgehead atoms. The number of nitrogens with zero attached hydrogens (tertiary/aromatic N) is 3. The first-order valence-corrected chi connectivity index (χ1v) is 8.81. The van der Waals surface area contributed by atoms with E-state index in [0.717, 1.165) is 35.7 Å². The van der Waals surface area contributed by atoms with Gasteiger partial charge in [-0.1, -0.05) is 42.5 Å². The molecule has 0 radical (unpaired) electrons. The van der Waals surface area contributed by atoms with Gasteiger partial charge in [0, 0.05) is 29.8 Å². The molecule has 0 unspecified atom stereocenters. The van der Waals surface area contributed by atoms with Gasteiger partial charge in [-0.2, -0.15) is 5.10 Å². The molecule has 1 N–H and O–H groups in total. The molecule has 132 valence electrons. The minimum Gasteiger partial charge on any atom is -0.369 e. The number of nitro benzene ring substituents is 1. The molecule has 0 spiro atoms. The van der Waals surface area contributed by atoms with Crippen molar-refractivity contribution in [1.29, 1.82) is 0 Å². The van der Waals surface area contributed by atoms with Crippen LogP contribution in [0.5, 0.6) is 0 Å². The van der Waals surface area contributed by atoms with Gasteiger partial charge in [0.25, 0.3) is 5.69 Å². The van der Waals surface area contributed by atoms with E-state index < -0.39 is 4.92 Å². The number of hydrogen-bond acceptors (Lipinski definition) is 4. The molecule has 1 aliphatic heterocycles. The zero-order valence-corrected chi connectivity index (χ0v) is 14.4. The van der Waals surface area contributed by atoms with Crippen LogP contribution in [0, 0.1) is 10.1 Å². The van der Waals surface area contributed by atoms with E-state index in [1.54, 1.807) is 12.1 Å². The molecular weight excluding hydrogens is 340 g/mol. The fourth-order valence-electron chi connectivity index (χ4n) is 3.73. The van der Waals surface area contributed by atoms with Crippen LogP contribution < -0.4 is 5.32 Å². The van der Waals surface area contributed by atoms with Gasteiger partial charge in [-0.15, -0.1) is 0 Å². The average molecular weight is 356 g/mol. The van der Waals surface area contributed by atoms with E-state index in [-0.39, 0.29) is 5.69 Å². The summed E-state index contributed by atoms with van der Waals surface area (Å²) in [5.41, 5.74) is 4.13. The first-order chi connectivity index (χ1) is 13.2. The normalized spacial score (nSPS) is 12.7. The highest BCUT2D eigenvalue weighted by Gasteiger charge is 2.25. The quantitative estimate of drug-likeness (QED) is 0.431. The van der Waals surface area contributed by atoms with Crippen LogP contribution in [0.3, 0.4) is 0 Å². The topological polar surface area (TPSA) is 73.0 Å². The van der Waals surface area contributed by atoms with Crippen LogP contribution in [0.25, 0.3) is 27.7 Å². The van der Waals surface area contributed by atoms with Gasteiger partial charge >= 0.3 is 0 Å². The predicted octanol–water partition coefficient (Wildman–Crippen LogP) is 4.57. The molecule has 0 amide bonds. The minimum atomic E-state index is -0.392. The second-order valence-electron chi connectivity index (χ2n) is 6.56. The number of nitrogens with one attached hydrogen (secondary N) is 1. The SMILES string of the molecule is O=[N+]([O-])c1ccc(-n2nc(-c3cccc4ccccc34)c3c2NCC3)cc1. The van der Waals surface area contributed by atoms with Crippen molar-refractivity contribution in [2.75, 3.05) is 11.9 Å². The third-order valence-electron chi connectivity index (χ3n) is 5.00. The van der Waals surface area contributed by atoms with Crippen LogP contribution in [0.2, 0.25) is 0 Å². The Morgan fingerprint density at radius 3 is 2.59 bits per heavy atom. The van der Waals surface area contributed by atoms with E-state index in [1.165, 1.54) is 28.5 Å². The Bertz CT molecular complexity index is 1170. The lowest BCUT2D eigenvalue weighted by molar-refractivity contribution is -0.384. The number of rotatable bonds is 3. The molecule has 0 fully saturated rings. The molecule has 3 aromatic carbocycles. The molecule has 5 rings (SSSR count). The van der Waals surface area contributed by atoms with Gasteiger partial charge in [0.15, 0.2) is 0 Å². The van der Waals surface area contributed by atoms with E-state index in [0.29, 0.717) is 0 Å². The fraction of sp³-hybridized carbons (Fsp3) is 0.0952. The molecule has 1 aromatic heterocycles. The lowest BCUT2D eigenvalue weighted by Gasteiger charge is -2.07. The predicted molar refractivity (Wildman–Crippen MR) is 105 cm³/mol. The van der Waals surface area contributed by atoms with Crippen LogP contribution in [-0.2, 0) is 6.42 Å². The van der Waals surface area contributed by atoms with Crippen molar-refractivity contribution in [3.8, 4) is 16.9 Å². The van der Waals surface area contributed by atoms with Crippen molar-refractivity contribution < 1.29 is 4.92 Å². The number of non-ortho nitro benzene ring substituents is 1. The van der Waals surface area contributed by atoms with Gasteiger partial charge in [-0.25, -0.2) is 4.68 Å². The smallest absolute Gasteiger partial charge is 0.269 e. The van der Waals surface area contributed by atoms with Gasteiger partial charge in [-0.05, 0) is 29.3 Å². The molecule has 2 heterocycles. The van der Waals surface area contributed by atoms with Crippen LogP contribution in [0.4, 0.5) is 11.5 Å². The maximum Gasteiger partial charge on any atom is 0.269 e. The summed E-state index contributed by atoms with van der Waals surface area (Å²) < 4.78 is 1.85. The maximum atomic E-state index is 10.9. The van der Waals surface area contributed by atoms with Crippen LogP contribution in [0.15, 0.2) is 66.7 Å². The summed E-state index contributed by atoms with van der Waals surface area (Å²) in [6.07, 6.45) is 0.904. The van der Waals surface area contributed by atoms with Crippen LogP contribution in [0.1, 0.15) is 5.56 Å². The summed E-state index contributed by atoms with van der Waals surface area (Å²) in [7, 11) is 0. The molecule has 0 saturated carbocycles. The molecule has 0 aliphatic carbocycles. The summed E-state index contributed by atoms with van der Waals surface area (Å²) in [6.45, 7) is 0.859. The first-order valence-electron chi connectivity index (χ1n) is 8.81. The summed E-state index contributed by atoms with van der Waals surface area (Å²) in [6, 6.07) is 21.0. The Hall–Kier alpha value is -3.67. The van der Waals surface area contributed by atoms with Crippen LogP contribution in [-0.4, -0.2) is 21.2 Å². The molecule has 0 saturated heterocycles. The second kappa shape index (κ2) is 5.95. The number of aromatic nitrogens is 2. The van der Waals surface area contributed by atoms with E-state index >= 15 is 0 Å². The molecule has 27 heavy (non-hydrogen) atoms. The van der Waals surface area contributed by atoms with E-state index in [2.05, 4.69) is 35.6 Å². The largest absolute Gasteiger partial charge is 0.369 e. The summed E-state index contributed by atoms with van der Waals surface area (Å²) in [5, 5.41) is 21.6. The second-order valence-corrected chi connectivity index (χ2v) is 6.56. The number of nitro groups is 1. The van der Waals surface area contributed by atoms with Crippen molar-refractivity contribution >= 4 is 22.3 Å². The Kier molecular flexibility index (Phi) is 3.43. The number of hydrogen-bond donors (Lipinski definition) is 1. The van der Waals surface area contributed by atoms with Crippen molar-refractivity contribution in [2.45, 2.75) is 6.42 Å². The average Bonchev–Trinajstić information content (AvgIpc) is 3.30. The maximum absolute atomic E-state index is 10.9. The molecule has 1 aliphatic rings. The third kappa shape index (κ3) is 2.45. The zero-order chi connectivity index (χ0) is 18.4. The monoisotopic (exact) mass is 356 g/mol. The molecular formula is C21H16N4O2. The number of anilines is 1. The van der Waals surface area contributed by atoms with E-state index in [1.807, 2.05) is 16.8 Å². The molecule has 4 aromatic rings. The van der Waals surface area contributed by atoms with Crippen molar-refractivity contribution in [3.63, 3.8) is 0 Å².